The first kappa shape index (κ1) is 11.8. The number of rotatable bonds is 2. The van der Waals surface area contributed by atoms with Crippen LogP contribution in [0.5, 0.6) is 0 Å². The average molecular weight is 231 g/mol. The molecule has 0 N–H and O–H groups in total. The van der Waals surface area contributed by atoms with Gasteiger partial charge in [-0.25, -0.2) is 0 Å². The Balaban J connectivity index is 2.11. The van der Waals surface area contributed by atoms with Gasteiger partial charge >= 0.3 is 0 Å². The average Bonchev–Trinajstić information content (AvgIpc) is 2.38. The molecule has 1 aliphatic heterocycles. The van der Waals surface area contributed by atoms with Gasteiger partial charge in [0.15, 0.2) is 0 Å². The molecular formula is C14H17NO2. The number of benzene rings is 1. The van der Waals surface area contributed by atoms with E-state index in [1.165, 1.54) is 0 Å². The molecule has 0 saturated carbocycles. The number of ketones is 1. The summed E-state index contributed by atoms with van der Waals surface area (Å²) in [4.78, 5) is 25.7. The molecule has 1 aliphatic rings. The van der Waals surface area contributed by atoms with Gasteiger partial charge < -0.3 is 4.90 Å². The predicted octanol–water partition coefficient (Wildman–Crippen LogP) is 2.19. The van der Waals surface area contributed by atoms with Crippen LogP contribution in [0.2, 0.25) is 0 Å². The van der Waals surface area contributed by atoms with E-state index in [0.717, 1.165) is 37.9 Å². The predicted molar refractivity (Wildman–Crippen MR) is 65.9 cm³/mol. The number of aryl methyl sites for hydroxylation is 1. The minimum absolute atomic E-state index is 0.352. The minimum Gasteiger partial charge on any atom is -0.336 e. The highest BCUT2D eigenvalue weighted by Crippen LogP contribution is 2.12. The van der Waals surface area contributed by atoms with Crippen molar-refractivity contribution < 1.29 is 9.59 Å². The van der Waals surface area contributed by atoms with Crippen molar-refractivity contribution in [2.45, 2.75) is 26.2 Å². The number of hydrogen-bond acceptors (Lipinski definition) is 2. The van der Waals surface area contributed by atoms with Gasteiger partial charge in [-0.05, 0) is 32.3 Å². The lowest BCUT2D eigenvalue weighted by atomic mass is 10.1. The number of carbonyl (C=O) groups is 2. The van der Waals surface area contributed by atoms with Crippen LogP contribution in [0.25, 0.3) is 0 Å². The van der Waals surface area contributed by atoms with Crippen LogP contribution in [0.3, 0.4) is 0 Å². The van der Waals surface area contributed by atoms with E-state index in [2.05, 4.69) is 0 Å². The highest BCUT2D eigenvalue weighted by atomic mass is 16.2. The molecule has 1 amide bonds. The molecule has 1 saturated heterocycles. The third-order valence-corrected chi connectivity index (χ3v) is 3.12. The first-order valence-electron chi connectivity index (χ1n) is 6.09. The summed E-state index contributed by atoms with van der Waals surface area (Å²) in [7, 11) is 0. The van der Waals surface area contributed by atoms with Gasteiger partial charge in [-0.15, -0.1) is 0 Å². The summed E-state index contributed by atoms with van der Waals surface area (Å²) < 4.78 is 0. The van der Waals surface area contributed by atoms with Crippen molar-refractivity contribution in [3.05, 3.63) is 35.4 Å². The van der Waals surface area contributed by atoms with Crippen LogP contribution in [0.15, 0.2) is 24.3 Å². The van der Waals surface area contributed by atoms with E-state index in [1.807, 2.05) is 19.1 Å². The summed E-state index contributed by atoms with van der Waals surface area (Å²) in [6, 6.07) is 7.20. The standard InChI is InChI=1S/C14H17NO2/c1-11-6-5-7-12(10-11)13(16)14(17)15-8-3-2-4-9-15/h5-7,10H,2-4,8-9H2,1H3. The second kappa shape index (κ2) is 5.13. The second-order valence-corrected chi connectivity index (χ2v) is 4.55. The summed E-state index contributed by atoms with van der Waals surface area (Å²) in [5.74, 6) is -0.731. The zero-order valence-electron chi connectivity index (χ0n) is 10.1. The molecule has 1 aromatic carbocycles. The van der Waals surface area contributed by atoms with E-state index in [4.69, 9.17) is 0 Å². The zero-order valence-corrected chi connectivity index (χ0v) is 10.1. The van der Waals surface area contributed by atoms with Crippen molar-refractivity contribution in [1.82, 2.24) is 4.90 Å². The Morgan fingerprint density at radius 2 is 1.82 bits per heavy atom. The second-order valence-electron chi connectivity index (χ2n) is 4.55. The molecule has 1 aromatic rings. The van der Waals surface area contributed by atoms with E-state index in [0.29, 0.717) is 5.56 Å². The van der Waals surface area contributed by atoms with E-state index >= 15 is 0 Å². The van der Waals surface area contributed by atoms with Crippen LogP contribution in [0.1, 0.15) is 35.2 Å². The minimum atomic E-state index is -0.379. The summed E-state index contributed by atoms with van der Waals surface area (Å²) >= 11 is 0. The number of carbonyl (C=O) groups excluding carboxylic acids is 2. The van der Waals surface area contributed by atoms with Crippen molar-refractivity contribution in [3.63, 3.8) is 0 Å². The Morgan fingerprint density at radius 1 is 1.12 bits per heavy atom. The molecule has 0 spiro atoms. The Morgan fingerprint density at radius 3 is 2.47 bits per heavy atom. The van der Waals surface area contributed by atoms with Gasteiger partial charge in [0.1, 0.15) is 0 Å². The van der Waals surface area contributed by atoms with Crippen molar-refractivity contribution in [2.24, 2.45) is 0 Å². The third-order valence-electron chi connectivity index (χ3n) is 3.12. The lowest BCUT2D eigenvalue weighted by molar-refractivity contribution is -0.127. The lowest BCUT2D eigenvalue weighted by Gasteiger charge is -2.25. The number of hydrogen-bond donors (Lipinski definition) is 0. The SMILES string of the molecule is Cc1cccc(C(=O)C(=O)N2CCCCC2)c1. The molecule has 90 valence electrons. The molecule has 17 heavy (non-hydrogen) atoms. The molecule has 0 radical (unpaired) electrons. The largest absolute Gasteiger partial charge is 0.336 e. The molecule has 0 unspecified atom stereocenters. The molecule has 0 aromatic heterocycles. The van der Waals surface area contributed by atoms with Gasteiger partial charge in [-0.1, -0.05) is 23.8 Å². The Labute approximate surface area is 101 Å². The zero-order chi connectivity index (χ0) is 12.3. The van der Waals surface area contributed by atoms with Crippen LogP contribution < -0.4 is 0 Å². The molecular weight excluding hydrogens is 214 g/mol. The normalized spacial score (nSPS) is 15.7. The maximum absolute atomic E-state index is 12.0. The fraction of sp³-hybridized carbons (Fsp3) is 0.429. The Hall–Kier alpha value is -1.64. The van der Waals surface area contributed by atoms with Gasteiger partial charge in [0.05, 0.1) is 0 Å². The monoisotopic (exact) mass is 231 g/mol. The molecule has 1 heterocycles. The summed E-state index contributed by atoms with van der Waals surface area (Å²) in [5.41, 5.74) is 1.50. The number of Topliss-reactive ketones (excluding diaryl/α,β-unsaturated/α-hetero) is 1. The topological polar surface area (TPSA) is 37.4 Å². The summed E-state index contributed by atoms with van der Waals surface area (Å²) in [6.07, 6.45) is 3.17. The number of nitrogens with zero attached hydrogens (tertiary/aromatic N) is 1. The summed E-state index contributed by atoms with van der Waals surface area (Å²) in [6.45, 7) is 3.36. The van der Waals surface area contributed by atoms with Crippen LogP contribution in [-0.4, -0.2) is 29.7 Å². The molecule has 3 nitrogen and oxygen atoms in total. The first-order valence-corrected chi connectivity index (χ1v) is 6.09. The van der Waals surface area contributed by atoms with Crippen LogP contribution >= 0.6 is 0 Å². The Bertz CT molecular complexity index is 434. The van der Waals surface area contributed by atoms with E-state index in [-0.39, 0.29) is 11.7 Å². The molecule has 3 heteroatoms. The van der Waals surface area contributed by atoms with Gasteiger partial charge in [-0.3, -0.25) is 9.59 Å². The van der Waals surface area contributed by atoms with Crippen LogP contribution in [0.4, 0.5) is 0 Å². The molecule has 0 bridgehead atoms. The molecule has 2 rings (SSSR count). The first-order chi connectivity index (χ1) is 8.18. The van der Waals surface area contributed by atoms with Crippen LogP contribution in [-0.2, 0) is 4.79 Å². The van der Waals surface area contributed by atoms with Gasteiger partial charge in [0, 0.05) is 18.7 Å². The van der Waals surface area contributed by atoms with E-state index in [9.17, 15) is 9.59 Å². The lowest BCUT2D eigenvalue weighted by Crippen LogP contribution is -2.40. The molecule has 0 atom stereocenters. The van der Waals surface area contributed by atoms with Gasteiger partial charge in [0.2, 0.25) is 5.78 Å². The smallest absolute Gasteiger partial charge is 0.294 e. The van der Waals surface area contributed by atoms with Crippen molar-refractivity contribution in [3.8, 4) is 0 Å². The van der Waals surface area contributed by atoms with Crippen molar-refractivity contribution >= 4 is 11.7 Å². The summed E-state index contributed by atoms with van der Waals surface area (Å²) in [5, 5.41) is 0. The number of amides is 1. The third kappa shape index (κ3) is 2.73. The number of likely N-dealkylation sites (tertiary alicyclic amines) is 1. The maximum atomic E-state index is 12.0. The molecule has 1 fully saturated rings. The fourth-order valence-electron chi connectivity index (χ4n) is 2.15. The maximum Gasteiger partial charge on any atom is 0.294 e. The van der Waals surface area contributed by atoms with Crippen molar-refractivity contribution in [1.29, 1.82) is 0 Å². The van der Waals surface area contributed by atoms with Gasteiger partial charge in [0.25, 0.3) is 5.91 Å². The highest BCUT2D eigenvalue weighted by Gasteiger charge is 2.24. The quantitative estimate of drug-likeness (QED) is 0.578. The van der Waals surface area contributed by atoms with E-state index < -0.39 is 0 Å². The highest BCUT2D eigenvalue weighted by molar-refractivity contribution is 6.42. The molecule has 0 aliphatic carbocycles. The fourth-order valence-corrected chi connectivity index (χ4v) is 2.15. The van der Waals surface area contributed by atoms with Crippen molar-refractivity contribution in [2.75, 3.05) is 13.1 Å². The van der Waals surface area contributed by atoms with Crippen LogP contribution in [0, 0.1) is 6.92 Å². The van der Waals surface area contributed by atoms with E-state index in [1.54, 1.807) is 17.0 Å². The number of piperidine rings is 1. The Kier molecular flexibility index (Phi) is 3.57. The van der Waals surface area contributed by atoms with Gasteiger partial charge in [-0.2, -0.15) is 0 Å².